The Hall–Kier alpha value is -3.16. The molecule has 0 saturated heterocycles. The monoisotopic (exact) mass is 318 g/mol. The Morgan fingerprint density at radius 1 is 1.12 bits per heavy atom. The predicted molar refractivity (Wildman–Crippen MR) is 90.3 cm³/mol. The van der Waals surface area contributed by atoms with E-state index in [1.54, 1.807) is 0 Å². The number of aliphatic imine (C=N–C) groups is 1. The Kier molecular flexibility index (Phi) is 2.46. The van der Waals surface area contributed by atoms with Crippen molar-refractivity contribution >= 4 is 27.9 Å². The molecule has 2 aliphatic carbocycles. The molecule has 8 heteroatoms. The zero-order chi connectivity index (χ0) is 16.4. The van der Waals surface area contributed by atoms with E-state index in [1.165, 1.54) is 0 Å². The van der Waals surface area contributed by atoms with Crippen LogP contribution in [0.3, 0.4) is 0 Å². The van der Waals surface area contributed by atoms with E-state index in [0.717, 1.165) is 61.0 Å². The lowest BCUT2D eigenvalue weighted by molar-refractivity contribution is 0.768. The van der Waals surface area contributed by atoms with Gasteiger partial charge >= 0.3 is 0 Å². The molecule has 0 radical (unpaired) electrons. The molecule has 8 nitrogen and oxygen atoms in total. The Balaban J connectivity index is 2.00. The van der Waals surface area contributed by atoms with Crippen molar-refractivity contribution in [2.45, 2.75) is 13.8 Å². The van der Waals surface area contributed by atoms with E-state index in [9.17, 15) is 0 Å². The first kappa shape index (κ1) is 13.3. The summed E-state index contributed by atoms with van der Waals surface area (Å²) in [6.45, 7) is 9.11. The molecule has 0 aromatic carbocycles. The first-order chi connectivity index (χ1) is 11.7. The number of aromatic amines is 2. The molecular weight excluding hydrogens is 304 g/mol. The molecule has 2 aliphatic heterocycles. The molecule has 24 heavy (non-hydrogen) atoms. The van der Waals surface area contributed by atoms with Gasteiger partial charge < -0.3 is 4.98 Å². The van der Waals surface area contributed by atoms with Crippen molar-refractivity contribution in [3.63, 3.8) is 0 Å². The van der Waals surface area contributed by atoms with Gasteiger partial charge in [-0.2, -0.15) is 20.5 Å². The molecule has 0 atom stereocenters. The van der Waals surface area contributed by atoms with E-state index >= 15 is 0 Å². The number of hydrogen-bond donors (Lipinski definition) is 2. The Morgan fingerprint density at radius 3 is 2.88 bits per heavy atom. The normalized spacial score (nSPS) is 17.2. The summed E-state index contributed by atoms with van der Waals surface area (Å²) < 4.78 is 0. The van der Waals surface area contributed by atoms with Gasteiger partial charge in [-0.15, -0.1) is 5.10 Å². The number of aryl methyl sites for hydroxylation is 1. The summed E-state index contributed by atoms with van der Waals surface area (Å²) in [5.74, 6) is 0. The molecular formula is C16H14N8. The number of aromatic nitrogens is 5. The molecule has 118 valence electrons. The predicted octanol–water partition coefficient (Wildman–Crippen LogP) is 0.850. The zero-order valence-electron chi connectivity index (χ0n) is 13.3. The summed E-state index contributed by atoms with van der Waals surface area (Å²) in [4.78, 5) is 8.21. The molecule has 0 fully saturated rings. The second kappa shape index (κ2) is 4.44. The number of rotatable bonds is 0. The van der Waals surface area contributed by atoms with Crippen LogP contribution in [0.2, 0.25) is 0 Å². The SMILES string of the molecule is C=C1CN=NC2=c3c([nH]c4c(C)c5n[nH]nnc-5c34)=C(C)C2=NC1. The number of nitrogens with one attached hydrogen (secondary N) is 2. The fraction of sp³-hybridized carbons (Fsp3) is 0.250. The average Bonchev–Trinajstić information content (AvgIpc) is 3.15. The van der Waals surface area contributed by atoms with Gasteiger partial charge in [0.25, 0.3) is 0 Å². The van der Waals surface area contributed by atoms with Gasteiger partial charge in [0.1, 0.15) is 17.1 Å². The van der Waals surface area contributed by atoms with E-state index in [1.807, 2.05) is 6.92 Å². The largest absolute Gasteiger partial charge is 0.354 e. The lowest BCUT2D eigenvalue weighted by Gasteiger charge is -2.07. The summed E-state index contributed by atoms with van der Waals surface area (Å²) in [7, 11) is 0. The number of azo groups is 1. The third-order valence-electron chi connectivity index (χ3n) is 4.66. The molecule has 0 saturated carbocycles. The third kappa shape index (κ3) is 1.52. The molecule has 4 aliphatic rings. The molecule has 0 amide bonds. The number of nitrogens with zero attached hydrogens (tertiary/aromatic N) is 6. The number of hydrogen-bond acceptors (Lipinski definition) is 6. The van der Waals surface area contributed by atoms with Crippen molar-refractivity contribution in [1.29, 1.82) is 0 Å². The van der Waals surface area contributed by atoms with Crippen LogP contribution in [0.15, 0.2) is 27.4 Å². The molecule has 0 bridgehead atoms. The highest BCUT2D eigenvalue weighted by atomic mass is 15.4. The molecule has 5 rings (SSSR count). The fourth-order valence-electron chi connectivity index (χ4n) is 3.48. The zero-order valence-corrected chi connectivity index (χ0v) is 13.3. The van der Waals surface area contributed by atoms with Gasteiger partial charge in [0.2, 0.25) is 0 Å². The Morgan fingerprint density at radius 2 is 2.00 bits per heavy atom. The van der Waals surface area contributed by atoms with Crippen LogP contribution in [0, 0.1) is 6.92 Å². The molecule has 1 aromatic heterocycles. The summed E-state index contributed by atoms with van der Waals surface area (Å²) in [5.41, 5.74) is 7.34. The summed E-state index contributed by atoms with van der Waals surface area (Å²) in [5, 5.41) is 26.7. The Labute approximate surface area is 136 Å². The molecule has 3 heterocycles. The van der Waals surface area contributed by atoms with Gasteiger partial charge in [0.15, 0.2) is 0 Å². The van der Waals surface area contributed by atoms with Gasteiger partial charge in [-0.1, -0.05) is 11.8 Å². The quantitative estimate of drug-likeness (QED) is 0.600. The van der Waals surface area contributed by atoms with Crippen LogP contribution in [0.1, 0.15) is 12.5 Å². The number of H-pyrrole nitrogens is 2. The van der Waals surface area contributed by atoms with Crippen molar-refractivity contribution < 1.29 is 0 Å². The van der Waals surface area contributed by atoms with E-state index in [0.29, 0.717) is 13.1 Å². The summed E-state index contributed by atoms with van der Waals surface area (Å²) >= 11 is 0. The highest BCUT2D eigenvalue weighted by molar-refractivity contribution is 6.41. The van der Waals surface area contributed by atoms with Gasteiger partial charge in [-0.3, -0.25) is 4.99 Å². The third-order valence-corrected chi connectivity index (χ3v) is 4.66. The Bertz CT molecular complexity index is 1190. The number of fused-ring (bicyclic) bond motifs is 6. The molecule has 2 N–H and O–H groups in total. The topological polar surface area (TPSA) is 107 Å². The van der Waals surface area contributed by atoms with Crippen molar-refractivity contribution in [2.75, 3.05) is 13.1 Å². The fourth-order valence-corrected chi connectivity index (χ4v) is 3.48. The average molecular weight is 318 g/mol. The van der Waals surface area contributed by atoms with Crippen LogP contribution in [-0.4, -0.2) is 44.4 Å². The smallest absolute Gasteiger partial charge is 0.125 e. The van der Waals surface area contributed by atoms with Crippen molar-refractivity contribution in [3.8, 4) is 11.4 Å². The minimum absolute atomic E-state index is 0.499. The minimum Gasteiger partial charge on any atom is -0.354 e. The van der Waals surface area contributed by atoms with E-state index < -0.39 is 0 Å². The van der Waals surface area contributed by atoms with Crippen LogP contribution >= 0.6 is 0 Å². The maximum atomic E-state index is 4.70. The van der Waals surface area contributed by atoms with Gasteiger partial charge in [-0.25, -0.2) is 0 Å². The van der Waals surface area contributed by atoms with Crippen LogP contribution in [-0.2, 0) is 0 Å². The maximum absolute atomic E-state index is 4.70. The van der Waals surface area contributed by atoms with Crippen molar-refractivity contribution in [1.82, 2.24) is 25.6 Å². The van der Waals surface area contributed by atoms with Crippen molar-refractivity contribution in [2.24, 2.45) is 15.2 Å². The van der Waals surface area contributed by atoms with Crippen LogP contribution in [0.5, 0.6) is 0 Å². The maximum Gasteiger partial charge on any atom is 0.125 e. The second-order valence-electron chi connectivity index (χ2n) is 6.15. The first-order valence-electron chi connectivity index (χ1n) is 7.68. The highest BCUT2D eigenvalue weighted by Gasteiger charge is 2.28. The second-order valence-corrected chi connectivity index (χ2v) is 6.15. The van der Waals surface area contributed by atoms with Crippen LogP contribution in [0.4, 0.5) is 0 Å². The lowest BCUT2D eigenvalue weighted by atomic mass is 10.1. The minimum atomic E-state index is 0.499. The molecule has 1 aromatic rings. The van der Waals surface area contributed by atoms with Crippen LogP contribution in [0.25, 0.3) is 33.6 Å². The van der Waals surface area contributed by atoms with Gasteiger partial charge in [0, 0.05) is 21.7 Å². The first-order valence-corrected chi connectivity index (χ1v) is 7.68. The molecule has 0 spiro atoms. The standard InChI is InChI=1S/C16H14N8/c1-6-4-17-13-7(2)11-9(15(13)20-18-5-6)10-12(19-11)8(3)14-16(10)22-24-23-21-14/h19H,1,4-5H2,2-3H3,(H,22,23). The lowest BCUT2D eigenvalue weighted by Crippen LogP contribution is -2.22. The summed E-state index contributed by atoms with van der Waals surface area (Å²) in [6.07, 6.45) is 0. The van der Waals surface area contributed by atoms with Gasteiger partial charge in [0.05, 0.1) is 29.7 Å². The summed E-state index contributed by atoms with van der Waals surface area (Å²) in [6, 6.07) is 0. The van der Waals surface area contributed by atoms with E-state index in [-0.39, 0.29) is 0 Å². The van der Waals surface area contributed by atoms with Crippen LogP contribution < -0.4 is 10.6 Å². The van der Waals surface area contributed by atoms with Crippen molar-refractivity contribution in [3.05, 3.63) is 28.3 Å². The van der Waals surface area contributed by atoms with E-state index in [2.05, 4.69) is 49.3 Å². The van der Waals surface area contributed by atoms with Gasteiger partial charge in [-0.05, 0) is 19.4 Å². The highest BCUT2D eigenvalue weighted by Crippen LogP contribution is 2.32. The van der Waals surface area contributed by atoms with E-state index in [4.69, 9.17) is 4.99 Å². The molecule has 0 unspecified atom stereocenters.